The van der Waals surface area contributed by atoms with Crippen molar-refractivity contribution in [3.05, 3.63) is 35.9 Å². The molecule has 1 aromatic rings. The highest BCUT2D eigenvalue weighted by atomic mass is 32.1. The molecular formula is C25H41N3O4S. The van der Waals surface area contributed by atoms with Gasteiger partial charge in [0.2, 0.25) is 11.8 Å². The summed E-state index contributed by atoms with van der Waals surface area (Å²) in [6.45, 7) is 13.4. The van der Waals surface area contributed by atoms with Crippen LogP contribution in [0, 0.1) is 0 Å². The highest BCUT2D eigenvalue weighted by Gasteiger charge is 2.36. The van der Waals surface area contributed by atoms with Crippen molar-refractivity contribution < 1.29 is 19.1 Å². The van der Waals surface area contributed by atoms with Crippen LogP contribution in [0.25, 0.3) is 0 Å². The monoisotopic (exact) mass is 479 g/mol. The lowest BCUT2D eigenvalue weighted by atomic mass is 10.0. The minimum absolute atomic E-state index is 0.0742. The van der Waals surface area contributed by atoms with Crippen LogP contribution >= 0.6 is 12.6 Å². The molecular weight excluding hydrogens is 438 g/mol. The number of thiol groups is 1. The van der Waals surface area contributed by atoms with E-state index in [1.807, 2.05) is 51.1 Å². The molecule has 33 heavy (non-hydrogen) atoms. The Morgan fingerprint density at radius 3 is 2.12 bits per heavy atom. The molecule has 0 saturated heterocycles. The fourth-order valence-electron chi connectivity index (χ4n) is 3.28. The van der Waals surface area contributed by atoms with Crippen molar-refractivity contribution in [1.82, 2.24) is 15.5 Å². The molecule has 0 heterocycles. The normalized spacial score (nSPS) is 13.6. The van der Waals surface area contributed by atoms with Gasteiger partial charge in [-0.05, 0) is 53.5 Å². The molecule has 0 aliphatic rings. The van der Waals surface area contributed by atoms with E-state index in [-0.39, 0.29) is 17.6 Å². The van der Waals surface area contributed by atoms with Gasteiger partial charge in [0.15, 0.2) is 0 Å². The van der Waals surface area contributed by atoms with Crippen molar-refractivity contribution in [1.29, 1.82) is 0 Å². The van der Waals surface area contributed by atoms with Gasteiger partial charge in [0, 0.05) is 17.8 Å². The van der Waals surface area contributed by atoms with Crippen LogP contribution in [0.2, 0.25) is 0 Å². The zero-order chi connectivity index (χ0) is 25.2. The highest BCUT2D eigenvalue weighted by Crippen LogP contribution is 2.24. The zero-order valence-corrected chi connectivity index (χ0v) is 22.0. The smallest absolute Gasteiger partial charge is 0.408 e. The third-order valence-corrected chi connectivity index (χ3v) is 5.00. The summed E-state index contributed by atoms with van der Waals surface area (Å²) in [6, 6.07) is 7.46. The minimum Gasteiger partial charge on any atom is -0.444 e. The summed E-state index contributed by atoms with van der Waals surface area (Å²) >= 11 is 4.30. The number of hydrogen-bond donors (Lipinski definition) is 3. The number of benzene rings is 1. The summed E-state index contributed by atoms with van der Waals surface area (Å²) in [5.74, 6) is -0.566. The molecule has 0 fully saturated rings. The van der Waals surface area contributed by atoms with Crippen LogP contribution in [-0.4, -0.2) is 52.3 Å². The van der Waals surface area contributed by atoms with Crippen LogP contribution < -0.4 is 10.6 Å². The van der Waals surface area contributed by atoms with E-state index in [9.17, 15) is 14.4 Å². The van der Waals surface area contributed by atoms with Gasteiger partial charge in [-0.25, -0.2) is 4.79 Å². The molecule has 0 aliphatic heterocycles. The van der Waals surface area contributed by atoms with Gasteiger partial charge >= 0.3 is 6.09 Å². The third kappa shape index (κ3) is 10.5. The number of hydrogen-bond acceptors (Lipinski definition) is 5. The van der Waals surface area contributed by atoms with Gasteiger partial charge in [-0.15, -0.1) is 0 Å². The van der Waals surface area contributed by atoms with E-state index in [1.54, 1.807) is 25.7 Å². The lowest BCUT2D eigenvalue weighted by Gasteiger charge is -2.35. The first-order valence-electron chi connectivity index (χ1n) is 11.6. The van der Waals surface area contributed by atoms with E-state index in [2.05, 4.69) is 30.2 Å². The largest absolute Gasteiger partial charge is 0.444 e. The van der Waals surface area contributed by atoms with Crippen LogP contribution in [0.4, 0.5) is 4.79 Å². The highest BCUT2D eigenvalue weighted by molar-refractivity contribution is 7.80. The summed E-state index contributed by atoms with van der Waals surface area (Å²) in [5.41, 5.74) is -0.465. The number of nitrogens with zero attached hydrogens (tertiary/aromatic N) is 1. The molecule has 2 unspecified atom stereocenters. The standard InChI is InChI=1S/C25H41N3O4S/c1-8-9-13-16-28(22(30)19(17-33)26-23(31)32-25(5,6)7)20(18-14-11-10-12-15-18)21(29)27-24(2,3)4/h10-12,14-15,19-20,33H,8-9,13,16-17H2,1-7H3,(H,26,31)(H,27,29). The van der Waals surface area contributed by atoms with E-state index < -0.39 is 29.3 Å². The predicted octanol–water partition coefficient (Wildman–Crippen LogP) is 4.48. The molecule has 0 radical (unpaired) electrons. The molecule has 0 bridgehead atoms. The number of ether oxygens (including phenoxy) is 1. The van der Waals surface area contributed by atoms with Crippen LogP contribution in [0.3, 0.4) is 0 Å². The van der Waals surface area contributed by atoms with Crippen molar-refractivity contribution in [3.63, 3.8) is 0 Å². The molecule has 0 spiro atoms. The van der Waals surface area contributed by atoms with Crippen molar-refractivity contribution in [2.45, 2.75) is 91.0 Å². The van der Waals surface area contributed by atoms with E-state index in [0.29, 0.717) is 12.1 Å². The van der Waals surface area contributed by atoms with Crippen LogP contribution in [-0.2, 0) is 14.3 Å². The Morgan fingerprint density at radius 1 is 1.03 bits per heavy atom. The van der Waals surface area contributed by atoms with Gasteiger partial charge in [-0.2, -0.15) is 12.6 Å². The molecule has 1 aromatic carbocycles. The molecule has 0 aliphatic carbocycles. The first-order valence-corrected chi connectivity index (χ1v) is 12.2. The summed E-state index contributed by atoms with van der Waals surface area (Å²) in [5, 5.41) is 5.64. The Labute approximate surface area is 204 Å². The molecule has 0 aromatic heterocycles. The molecule has 0 saturated carbocycles. The van der Waals surface area contributed by atoms with Gasteiger partial charge in [0.1, 0.15) is 17.7 Å². The lowest BCUT2D eigenvalue weighted by molar-refractivity contribution is -0.142. The molecule has 3 amide bonds. The maximum absolute atomic E-state index is 13.7. The fourth-order valence-corrected chi connectivity index (χ4v) is 3.53. The second-order valence-corrected chi connectivity index (χ2v) is 10.5. The quantitative estimate of drug-likeness (QED) is 0.341. The number of carbonyl (C=O) groups is 3. The fraction of sp³-hybridized carbons (Fsp3) is 0.640. The molecule has 2 N–H and O–H groups in total. The van der Waals surface area contributed by atoms with Crippen LogP contribution in [0.15, 0.2) is 30.3 Å². The Kier molecular flexibility index (Phi) is 11.2. The lowest BCUT2D eigenvalue weighted by Crippen LogP contribution is -2.55. The van der Waals surface area contributed by atoms with Gasteiger partial charge in [-0.1, -0.05) is 50.1 Å². The first kappa shape index (κ1) is 28.8. The van der Waals surface area contributed by atoms with Gasteiger partial charge < -0.3 is 20.3 Å². The predicted molar refractivity (Wildman–Crippen MR) is 135 cm³/mol. The Morgan fingerprint density at radius 2 is 1.64 bits per heavy atom. The van der Waals surface area contributed by atoms with E-state index in [4.69, 9.17) is 4.74 Å². The average Bonchev–Trinajstić information content (AvgIpc) is 2.69. The second kappa shape index (κ2) is 12.9. The maximum Gasteiger partial charge on any atom is 0.408 e. The van der Waals surface area contributed by atoms with Crippen LogP contribution in [0.1, 0.15) is 79.3 Å². The topological polar surface area (TPSA) is 87.7 Å². The summed E-state index contributed by atoms with van der Waals surface area (Å²) in [6.07, 6.45) is 1.93. The molecule has 8 heteroatoms. The van der Waals surface area contributed by atoms with Crippen molar-refractivity contribution >= 4 is 30.5 Å². The van der Waals surface area contributed by atoms with Crippen LogP contribution in [0.5, 0.6) is 0 Å². The van der Waals surface area contributed by atoms with Gasteiger partial charge in [0.25, 0.3) is 0 Å². The number of rotatable bonds is 10. The van der Waals surface area contributed by atoms with Gasteiger partial charge in [-0.3, -0.25) is 9.59 Å². The van der Waals surface area contributed by atoms with E-state index in [0.717, 1.165) is 19.3 Å². The number of alkyl carbamates (subject to hydrolysis) is 1. The minimum atomic E-state index is -0.932. The Balaban J connectivity index is 3.33. The molecule has 2 atom stereocenters. The number of carbonyl (C=O) groups excluding carboxylic acids is 3. The summed E-state index contributed by atoms with van der Waals surface area (Å²) in [7, 11) is 0. The maximum atomic E-state index is 13.7. The number of amides is 3. The van der Waals surface area contributed by atoms with E-state index >= 15 is 0 Å². The Bertz CT molecular complexity index is 772. The Hall–Kier alpha value is -2.22. The van der Waals surface area contributed by atoms with Crippen molar-refractivity contribution in [2.24, 2.45) is 0 Å². The zero-order valence-electron chi connectivity index (χ0n) is 21.1. The molecule has 186 valence electrons. The molecule has 7 nitrogen and oxygen atoms in total. The van der Waals surface area contributed by atoms with Crippen molar-refractivity contribution in [3.8, 4) is 0 Å². The van der Waals surface area contributed by atoms with Gasteiger partial charge in [0.05, 0.1) is 0 Å². The summed E-state index contributed by atoms with van der Waals surface area (Å²) < 4.78 is 5.32. The van der Waals surface area contributed by atoms with E-state index in [1.165, 1.54) is 0 Å². The first-order chi connectivity index (χ1) is 15.3. The third-order valence-electron chi connectivity index (χ3n) is 4.63. The average molecular weight is 480 g/mol. The summed E-state index contributed by atoms with van der Waals surface area (Å²) in [4.78, 5) is 41.0. The number of unbranched alkanes of at least 4 members (excludes halogenated alkanes) is 2. The molecule has 1 rings (SSSR count). The van der Waals surface area contributed by atoms with Crippen molar-refractivity contribution in [2.75, 3.05) is 12.3 Å². The second-order valence-electron chi connectivity index (χ2n) is 10.2. The SMILES string of the molecule is CCCCCN(C(=O)C(CS)NC(=O)OC(C)(C)C)C(C(=O)NC(C)(C)C)c1ccccc1. The number of nitrogens with one attached hydrogen (secondary N) is 2.